The summed E-state index contributed by atoms with van der Waals surface area (Å²) in [5.41, 5.74) is 2.55. The van der Waals surface area contributed by atoms with Gasteiger partial charge in [0, 0.05) is 13.1 Å². The molecule has 1 aliphatic rings. The molecule has 1 fully saturated rings. The number of Topliss-reactive ketones (excluding diaryl/α,β-unsaturated/α-hetero) is 1. The molecule has 2 heteroatoms. The minimum absolute atomic E-state index is 0.0125. The fraction of sp³-hybridized carbons (Fsp3) is 0.458. The number of hydrogen-bond acceptors (Lipinski definition) is 2. The van der Waals surface area contributed by atoms with Crippen molar-refractivity contribution in [2.24, 2.45) is 5.92 Å². The summed E-state index contributed by atoms with van der Waals surface area (Å²) >= 11 is 0. The van der Waals surface area contributed by atoms with Gasteiger partial charge in [-0.1, -0.05) is 92.8 Å². The maximum atomic E-state index is 12.6. The summed E-state index contributed by atoms with van der Waals surface area (Å²) in [5, 5.41) is 0. The third-order valence-corrected chi connectivity index (χ3v) is 5.65. The molecule has 0 bridgehead atoms. The molecule has 1 aliphatic carbocycles. The van der Waals surface area contributed by atoms with Gasteiger partial charge in [0.2, 0.25) is 0 Å². The Morgan fingerprint density at radius 2 is 1.38 bits per heavy atom. The van der Waals surface area contributed by atoms with Gasteiger partial charge in [0.1, 0.15) is 5.78 Å². The normalized spacial score (nSPS) is 16.5. The Kier molecular flexibility index (Phi) is 7.02. The standard InChI is InChI=1S/C24H31NO/c1-20(26)24(17-21-11-5-2-6-12-21)25(18-22-13-7-3-8-14-22)19-23-15-9-4-10-16-23/h3-4,7-10,13-16,21,24H,2,5-6,11-12,17-19H2,1H3/t24-/m0/s1. The number of ketones is 1. The van der Waals surface area contributed by atoms with Crippen LogP contribution >= 0.6 is 0 Å². The van der Waals surface area contributed by atoms with Crippen LogP contribution in [0.25, 0.3) is 0 Å². The summed E-state index contributed by atoms with van der Waals surface area (Å²) in [4.78, 5) is 15.0. The van der Waals surface area contributed by atoms with E-state index in [0.717, 1.165) is 19.5 Å². The molecule has 0 aliphatic heterocycles. The highest BCUT2D eigenvalue weighted by molar-refractivity contribution is 5.81. The molecule has 0 unspecified atom stereocenters. The van der Waals surface area contributed by atoms with E-state index in [1.807, 2.05) is 0 Å². The highest BCUT2D eigenvalue weighted by Gasteiger charge is 2.27. The van der Waals surface area contributed by atoms with E-state index in [1.165, 1.54) is 43.2 Å². The summed E-state index contributed by atoms with van der Waals surface area (Å²) in [6.45, 7) is 3.43. The van der Waals surface area contributed by atoms with E-state index in [4.69, 9.17) is 0 Å². The van der Waals surface area contributed by atoms with Crippen molar-refractivity contribution < 1.29 is 4.79 Å². The topological polar surface area (TPSA) is 20.3 Å². The molecule has 2 aromatic carbocycles. The summed E-state index contributed by atoms with van der Waals surface area (Å²) < 4.78 is 0. The zero-order valence-electron chi connectivity index (χ0n) is 15.9. The third-order valence-electron chi connectivity index (χ3n) is 5.65. The number of carbonyl (C=O) groups is 1. The van der Waals surface area contributed by atoms with Gasteiger partial charge >= 0.3 is 0 Å². The van der Waals surface area contributed by atoms with Gasteiger partial charge < -0.3 is 0 Å². The third kappa shape index (κ3) is 5.54. The van der Waals surface area contributed by atoms with Gasteiger partial charge in [0.15, 0.2) is 0 Å². The lowest BCUT2D eigenvalue weighted by Gasteiger charge is -2.34. The maximum absolute atomic E-state index is 12.6. The van der Waals surface area contributed by atoms with Crippen molar-refractivity contribution in [2.75, 3.05) is 0 Å². The number of benzene rings is 2. The second kappa shape index (κ2) is 9.68. The van der Waals surface area contributed by atoms with Gasteiger partial charge in [-0.3, -0.25) is 9.69 Å². The van der Waals surface area contributed by atoms with Gasteiger partial charge in [0.25, 0.3) is 0 Å². The first-order valence-electron chi connectivity index (χ1n) is 10.0. The average molecular weight is 350 g/mol. The lowest BCUT2D eigenvalue weighted by atomic mass is 9.83. The van der Waals surface area contributed by atoms with Crippen LogP contribution in [0.3, 0.4) is 0 Å². The molecule has 0 saturated heterocycles. The lowest BCUT2D eigenvalue weighted by molar-refractivity contribution is -0.123. The van der Waals surface area contributed by atoms with E-state index in [0.29, 0.717) is 11.7 Å². The van der Waals surface area contributed by atoms with Gasteiger partial charge in [-0.25, -0.2) is 0 Å². The van der Waals surface area contributed by atoms with E-state index >= 15 is 0 Å². The Morgan fingerprint density at radius 1 is 0.885 bits per heavy atom. The molecular formula is C24H31NO. The van der Waals surface area contributed by atoms with Crippen LogP contribution in [0.4, 0.5) is 0 Å². The highest BCUT2D eigenvalue weighted by atomic mass is 16.1. The second-order valence-electron chi connectivity index (χ2n) is 7.74. The molecule has 1 atom stereocenters. The predicted octanol–water partition coefficient (Wildman–Crippen LogP) is 5.62. The van der Waals surface area contributed by atoms with Gasteiger partial charge in [-0.15, -0.1) is 0 Å². The lowest BCUT2D eigenvalue weighted by Crippen LogP contribution is -2.41. The van der Waals surface area contributed by atoms with Gasteiger partial charge in [-0.05, 0) is 30.4 Å². The van der Waals surface area contributed by atoms with Crippen LogP contribution in [0, 0.1) is 5.92 Å². The monoisotopic (exact) mass is 349 g/mol. The molecule has 3 rings (SSSR count). The van der Waals surface area contributed by atoms with Crippen LogP contribution in [0.15, 0.2) is 60.7 Å². The summed E-state index contributed by atoms with van der Waals surface area (Å²) in [6, 6.07) is 21.1. The number of rotatable bonds is 8. The van der Waals surface area contributed by atoms with E-state index < -0.39 is 0 Å². The minimum atomic E-state index is 0.0125. The second-order valence-corrected chi connectivity index (χ2v) is 7.74. The Bertz CT molecular complexity index is 620. The van der Waals surface area contributed by atoms with Crippen molar-refractivity contribution in [1.29, 1.82) is 0 Å². The molecule has 26 heavy (non-hydrogen) atoms. The van der Waals surface area contributed by atoms with Crippen LogP contribution < -0.4 is 0 Å². The fourth-order valence-electron chi connectivity index (χ4n) is 4.22. The molecule has 0 spiro atoms. The smallest absolute Gasteiger partial charge is 0.146 e. The van der Waals surface area contributed by atoms with Crippen molar-refractivity contribution in [3.63, 3.8) is 0 Å². The summed E-state index contributed by atoms with van der Waals surface area (Å²) in [5.74, 6) is 1.01. The van der Waals surface area contributed by atoms with E-state index in [9.17, 15) is 4.79 Å². The SMILES string of the molecule is CC(=O)[C@H](CC1CCCCC1)N(Cc1ccccc1)Cc1ccccc1. The van der Waals surface area contributed by atoms with Crippen LogP contribution in [0.1, 0.15) is 56.6 Å². The molecule has 0 N–H and O–H groups in total. The fourth-order valence-corrected chi connectivity index (χ4v) is 4.22. The van der Waals surface area contributed by atoms with Crippen LogP contribution in [-0.4, -0.2) is 16.7 Å². The zero-order chi connectivity index (χ0) is 18.2. The average Bonchev–Trinajstić information content (AvgIpc) is 2.68. The first-order chi connectivity index (χ1) is 12.7. The molecule has 0 aromatic heterocycles. The molecule has 0 amide bonds. The number of carbonyl (C=O) groups excluding carboxylic acids is 1. The van der Waals surface area contributed by atoms with Crippen molar-refractivity contribution in [2.45, 2.75) is 64.6 Å². The molecule has 2 nitrogen and oxygen atoms in total. The predicted molar refractivity (Wildman–Crippen MR) is 108 cm³/mol. The van der Waals surface area contributed by atoms with E-state index in [2.05, 4.69) is 65.6 Å². The zero-order valence-corrected chi connectivity index (χ0v) is 15.9. The highest BCUT2D eigenvalue weighted by Crippen LogP contribution is 2.30. The number of nitrogens with zero attached hydrogens (tertiary/aromatic N) is 1. The summed E-state index contributed by atoms with van der Waals surface area (Å²) in [7, 11) is 0. The first-order valence-corrected chi connectivity index (χ1v) is 10.0. The van der Waals surface area contributed by atoms with Crippen LogP contribution in [0.5, 0.6) is 0 Å². The molecule has 138 valence electrons. The minimum Gasteiger partial charge on any atom is -0.298 e. The van der Waals surface area contributed by atoms with Crippen molar-refractivity contribution >= 4 is 5.78 Å². The first kappa shape index (κ1) is 18.8. The Morgan fingerprint density at radius 3 is 1.85 bits per heavy atom. The van der Waals surface area contributed by atoms with Crippen LogP contribution in [-0.2, 0) is 17.9 Å². The van der Waals surface area contributed by atoms with Gasteiger partial charge in [-0.2, -0.15) is 0 Å². The molecule has 2 aromatic rings. The largest absolute Gasteiger partial charge is 0.298 e. The Balaban J connectivity index is 1.79. The summed E-state index contributed by atoms with van der Waals surface area (Å²) in [6.07, 6.45) is 7.59. The quantitative estimate of drug-likeness (QED) is 0.617. The van der Waals surface area contributed by atoms with Crippen LogP contribution in [0.2, 0.25) is 0 Å². The maximum Gasteiger partial charge on any atom is 0.146 e. The van der Waals surface area contributed by atoms with Crippen molar-refractivity contribution in [3.8, 4) is 0 Å². The van der Waals surface area contributed by atoms with Crippen molar-refractivity contribution in [3.05, 3.63) is 71.8 Å². The van der Waals surface area contributed by atoms with E-state index in [1.54, 1.807) is 6.92 Å². The van der Waals surface area contributed by atoms with E-state index in [-0.39, 0.29) is 6.04 Å². The molecular weight excluding hydrogens is 318 g/mol. The Labute approximate surface area is 158 Å². The van der Waals surface area contributed by atoms with Crippen molar-refractivity contribution in [1.82, 2.24) is 4.90 Å². The molecule has 0 radical (unpaired) electrons. The molecule has 0 heterocycles. The van der Waals surface area contributed by atoms with Gasteiger partial charge in [0.05, 0.1) is 6.04 Å². The molecule has 1 saturated carbocycles. The Hall–Kier alpha value is -1.93. The number of hydrogen-bond donors (Lipinski definition) is 0.